The molecule has 1 atom stereocenters. The third kappa shape index (κ3) is 2.56. The summed E-state index contributed by atoms with van der Waals surface area (Å²) in [6.45, 7) is 1.64. The number of piperidine rings is 1. The first kappa shape index (κ1) is 15.2. The quantitative estimate of drug-likeness (QED) is 0.769. The number of carbonyl (C=O) groups is 1. The third-order valence-corrected chi connectivity index (χ3v) is 5.07. The number of nitrogens with one attached hydrogen (secondary N) is 1. The number of pyridine rings is 1. The van der Waals surface area contributed by atoms with E-state index in [0.29, 0.717) is 23.6 Å². The van der Waals surface area contributed by atoms with Crippen LogP contribution in [0.25, 0.3) is 11.0 Å². The molecule has 1 saturated heterocycles. The van der Waals surface area contributed by atoms with Gasteiger partial charge in [-0.3, -0.25) is 9.89 Å². The number of carbonyl (C=O) groups excluding carboxylic acids is 1. The van der Waals surface area contributed by atoms with Gasteiger partial charge >= 0.3 is 0 Å². The second-order valence-electron chi connectivity index (χ2n) is 6.70. The molecule has 132 valence electrons. The zero-order valence-corrected chi connectivity index (χ0v) is 14.1. The second kappa shape index (κ2) is 6.01. The van der Waals surface area contributed by atoms with Gasteiger partial charge < -0.3 is 14.4 Å². The number of fused-ring (bicyclic) bond motifs is 2. The maximum Gasteiger partial charge on any atom is 0.254 e. The molecule has 4 heterocycles. The predicted molar refractivity (Wildman–Crippen MR) is 94.3 cm³/mol. The Morgan fingerprint density at radius 2 is 2.12 bits per heavy atom. The highest BCUT2D eigenvalue weighted by atomic mass is 16.7. The minimum Gasteiger partial charge on any atom is -0.454 e. The van der Waals surface area contributed by atoms with Crippen molar-refractivity contribution in [1.29, 1.82) is 0 Å². The number of aromatic amines is 1. The second-order valence-corrected chi connectivity index (χ2v) is 6.70. The van der Waals surface area contributed by atoms with E-state index in [-0.39, 0.29) is 18.6 Å². The normalized spacial score (nSPS) is 19.1. The van der Waals surface area contributed by atoms with Gasteiger partial charge in [-0.1, -0.05) is 0 Å². The lowest BCUT2D eigenvalue weighted by molar-refractivity contribution is 0.0705. The molecular formula is C19H18N4O3. The van der Waals surface area contributed by atoms with Crippen molar-refractivity contribution in [3.05, 3.63) is 47.8 Å². The number of hydrogen-bond donors (Lipinski definition) is 1. The standard InChI is InChI=1S/C19H18N4O3/c24-19(12-4-6-16-17(8-12)26-11-25-16)23-7-1-2-14(10-23)15-5-3-13-9-20-22-18(13)21-15/h3-6,8-9,14H,1-2,7,10-11H2,(H,20,21,22). The molecule has 26 heavy (non-hydrogen) atoms. The summed E-state index contributed by atoms with van der Waals surface area (Å²) in [5.74, 6) is 1.58. The van der Waals surface area contributed by atoms with Crippen LogP contribution in [0.5, 0.6) is 11.5 Å². The van der Waals surface area contributed by atoms with Gasteiger partial charge in [0.2, 0.25) is 6.79 Å². The van der Waals surface area contributed by atoms with E-state index in [1.165, 1.54) is 0 Å². The molecule has 7 nitrogen and oxygen atoms in total. The Balaban J connectivity index is 1.37. The van der Waals surface area contributed by atoms with Gasteiger partial charge in [-0.15, -0.1) is 0 Å². The van der Waals surface area contributed by atoms with Crippen LogP contribution in [0.2, 0.25) is 0 Å². The van der Waals surface area contributed by atoms with E-state index < -0.39 is 0 Å². The summed E-state index contributed by atoms with van der Waals surface area (Å²) in [7, 11) is 0. The molecule has 2 aromatic heterocycles. The molecule has 1 amide bonds. The Morgan fingerprint density at radius 1 is 1.19 bits per heavy atom. The van der Waals surface area contributed by atoms with E-state index in [9.17, 15) is 4.79 Å². The number of aromatic nitrogens is 3. The van der Waals surface area contributed by atoms with Crippen molar-refractivity contribution in [3.8, 4) is 11.5 Å². The zero-order valence-electron chi connectivity index (χ0n) is 14.1. The lowest BCUT2D eigenvalue weighted by Crippen LogP contribution is -2.39. The summed E-state index contributed by atoms with van der Waals surface area (Å²) in [6.07, 6.45) is 3.75. The highest BCUT2D eigenvalue weighted by Crippen LogP contribution is 2.34. The third-order valence-electron chi connectivity index (χ3n) is 5.07. The van der Waals surface area contributed by atoms with Crippen LogP contribution in [0.1, 0.15) is 34.8 Å². The zero-order chi connectivity index (χ0) is 17.5. The summed E-state index contributed by atoms with van der Waals surface area (Å²) in [5.41, 5.74) is 2.43. The van der Waals surface area contributed by atoms with Crippen LogP contribution in [-0.4, -0.2) is 45.9 Å². The summed E-state index contributed by atoms with van der Waals surface area (Å²) in [6, 6.07) is 9.43. The Hall–Kier alpha value is -3.09. The predicted octanol–water partition coefficient (Wildman–Crippen LogP) is 2.71. The van der Waals surface area contributed by atoms with Gasteiger partial charge in [-0.05, 0) is 43.2 Å². The molecule has 0 spiro atoms. The summed E-state index contributed by atoms with van der Waals surface area (Å²) < 4.78 is 10.7. The largest absolute Gasteiger partial charge is 0.454 e. The van der Waals surface area contributed by atoms with Crippen molar-refractivity contribution < 1.29 is 14.3 Å². The molecule has 1 aromatic carbocycles. The number of nitrogens with zero attached hydrogens (tertiary/aromatic N) is 3. The maximum absolute atomic E-state index is 12.9. The number of amides is 1. The number of rotatable bonds is 2. The fourth-order valence-electron chi connectivity index (χ4n) is 3.68. The van der Waals surface area contributed by atoms with E-state index >= 15 is 0 Å². The number of ether oxygens (including phenoxy) is 2. The average Bonchev–Trinajstić information content (AvgIpc) is 3.35. The average molecular weight is 350 g/mol. The highest BCUT2D eigenvalue weighted by Gasteiger charge is 2.27. The first-order valence-electron chi connectivity index (χ1n) is 8.77. The van der Waals surface area contributed by atoms with Gasteiger partial charge in [-0.2, -0.15) is 5.10 Å². The van der Waals surface area contributed by atoms with Crippen molar-refractivity contribution in [2.24, 2.45) is 0 Å². The molecule has 1 fully saturated rings. The molecule has 5 rings (SSSR count). The number of likely N-dealkylation sites (tertiary alicyclic amines) is 1. The minimum atomic E-state index is 0.0237. The van der Waals surface area contributed by atoms with E-state index in [0.717, 1.165) is 36.1 Å². The highest BCUT2D eigenvalue weighted by molar-refractivity contribution is 5.95. The van der Waals surface area contributed by atoms with Crippen LogP contribution in [0, 0.1) is 0 Å². The summed E-state index contributed by atoms with van der Waals surface area (Å²) in [4.78, 5) is 19.5. The number of H-pyrrole nitrogens is 1. The first-order valence-corrected chi connectivity index (χ1v) is 8.77. The first-order chi connectivity index (χ1) is 12.8. The van der Waals surface area contributed by atoms with Crippen molar-refractivity contribution >= 4 is 16.9 Å². The van der Waals surface area contributed by atoms with Gasteiger partial charge in [0.1, 0.15) is 0 Å². The Kier molecular flexibility index (Phi) is 3.51. The summed E-state index contributed by atoms with van der Waals surface area (Å²) >= 11 is 0. The van der Waals surface area contributed by atoms with E-state index in [1.807, 2.05) is 17.0 Å². The van der Waals surface area contributed by atoms with E-state index in [4.69, 9.17) is 9.47 Å². The van der Waals surface area contributed by atoms with Crippen molar-refractivity contribution in [2.45, 2.75) is 18.8 Å². The van der Waals surface area contributed by atoms with Crippen LogP contribution < -0.4 is 9.47 Å². The van der Waals surface area contributed by atoms with Crippen LogP contribution in [-0.2, 0) is 0 Å². The van der Waals surface area contributed by atoms with E-state index in [1.54, 1.807) is 24.4 Å². The molecule has 0 radical (unpaired) electrons. The molecule has 2 aliphatic heterocycles. The topological polar surface area (TPSA) is 80.3 Å². The monoisotopic (exact) mass is 350 g/mol. The summed E-state index contributed by atoms with van der Waals surface area (Å²) in [5, 5.41) is 7.94. The maximum atomic E-state index is 12.9. The smallest absolute Gasteiger partial charge is 0.254 e. The van der Waals surface area contributed by atoms with Crippen molar-refractivity contribution in [2.75, 3.05) is 19.9 Å². The molecule has 0 bridgehead atoms. The Labute approximate surface area is 149 Å². The lowest BCUT2D eigenvalue weighted by atomic mass is 9.93. The molecule has 0 aliphatic carbocycles. The lowest BCUT2D eigenvalue weighted by Gasteiger charge is -2.32. The number of benzene rings is 1. The minimum absolute atomic E-state index is 0.0237. The molecule has 2 aliphatic rings. The van der Waals surface area contributed by atoms with Crippen LogP contribution in [0.4, 0.5) is 0 Å². The number of hydrogen-bond acceptors (Lipinski definition) is 5. The fraction of sp³-hybridized carbons (Fsp3) is 0.316. The van der Waals surface area contributed by atoms with Gasteiger partial charge in [0.15, 0.2) is 17.1 Å². The van der Waals surface area contributed by atoms with Gasteiger partial charge in [0.05, 0.1) is 6.20 Å². The van der Waals surface area contributed by atoms with Crippen LogP contribution in [0.15, 0.2) is 36.5 Å². The fourth-order valence-corrected chi connectivity index (χ4v) is 3.68. The van der Waals surface area contributed by atoms with Gasteiger partial charge in [0, 0.05) is 35.7 Å². The Morgan fingerprint density at radius 3 is 3.08 bits per heavy atom. The van der Waals surface area contributed by atoms with Crippen molar-refractivity contribution in [3.63, 3.8) is 0 Å². The van der Waals surface area contributed by atoms with Crippen LogP contribution >= 0.6 is 0 Å². The molecule has 3 aromatic rings. The van der Waals surface area contributed by atoms with E-state index in [2.05, 4.69) is 15.2 Å². The molecule has 7 heteroatoms. The molecule has 1 N–H and O–H groups in total. The molecule has 0 saturated carbocycles. The van der Waals surface area contributed by atoms with Crippen LogP contribution in [0.3, 0.4) is 0 Å². The SMILES string of the molecule is O=C(c1ccc2c(c1)OCO2)N1CCCC(c2ccc3cn[nH]c3n2)C1. The molecule has 1 unspecified atom stereocenters. The molecular weight excluding hydrogens is 332 g/mol. The Bertz CT molecular complexity index is 984. The van der Waals surface area contributed by atoms with Gasteiger partial charge in [0.25, 0.3) is 5.91 Å². The van der Waals surface area contributed by atoms with Gasteiger partial charge in [-0.25, -0.2) is 4.98 Å². The van der Waals surface area contributed by atoms with Crippen molar-refractivity contribution in [1.82, 2.24) is 20.1 Å².